The van der Waals surface area contributed by atoms with Crippen molar-refractivity contribution >= 4 is 23.3 Å². The predicted octanol–water partition coefficient (Wildman–Crippen LogP) is 2.37. The minimum absolute atomic E-state index is 0.0993. The Morgan fingerprint density at radius 3 is 2.94 bits per heavy atom. The highest BCUT2D eigenvalue weighted by molar-refractivity contribution is 6.31. The molecule has 0 saturated carbocycles. The van der Waals surface area contributed by atoms with E-state index >= 15 is 0 Å². The number of methoxy groups -OCH3 is 1. The molecule has 0 aliphatic rings. The maximum Gasteiger partial charge on any atom is 0.319 e. The van der Waals surface area contributed by atoms with E-state index < -0.39 is 0 Å². The lowest BCUT2D eigenvalue weighted by Crippen LogP contribution is -2.38. The summed E-state index contributed by atoms with van der Waals surface area (Å²) in [6.45, 7) is 2.25. The molecule has 18 heavy (non-hydrogen) atoms. The highest BCUT2D eigenvalue weighted by Crippen LogP contribution is 2.19. The Balaban J connectivity index is 2.62. The van der Waals surface area contributed by atoms with E-state index in [1.54, 1.807) is 19.2 Å². The number of nitrogens with one attached hydrogen (secondary N) is 2. The molecule has 2 amide bonds. The highest BCUT2D eigenvalue weighted by Gasteiger charge is 2.08. The van der Waals surface area contributed by atoms with E-state index in [-0.39, 0.29) is 12.1 Å². The lowest BCUT2D eigenvalue weighted by molar-refractivity contribution is 0.173. The molecule has 1 atom stereocenters. The van der Waals surface area contributed by atoms with E-state index in [0.29, 0.717) is 22.9 Å². The Kier molecular flexibility index (Phi) is 5.43. The van der Waals surface area contributed by atoms with Crippen LogP contribution in [-0.2, 0) is 4.74 Å². The summed E-state index contributed by atoms with van der Waals surface area (Å²) in [7, 11) is 1.56. The van der Waals surface area contributed by atoms with Gasteiger partial charge in [0.25, 0.3) is 0 Å². The van der Waals surface area contributed by atoms with E-state index in [9.17, 15) is 4.79 Å². The number of urea groups is 1. The molecule has 0 saturated heterocycles. The van der Waals surface area contributed by atoms with Crippen LogP contribution in [0.3, 0.4) is 0 Å². The van der Waals surface area contributed by atoms with Crippen molar-refractivity contribution in [2.75, 3.05) is 19.0 Å². The Labute approximate surface area is 111 Å². The molecular weight excluding hydrogens is 254 g/mol. The maximum atomic E-state index is 11.6. The Hall–Kier alpha value is -1.77. The molecule has 96 valence electrons. The van der Waals surface area contributed by atoms with Crippen molar-refractivity contribution in [3.8, 4) is 6.07 Å². The Morgan fingerprint density at radius 2 is 2.33 bits per heavy atom. The number of nitrogens with zero attached hydrogens (tertiary/aromatic N) is 1. The molecule has 1 aromatic rings. The van der Waals surface area contributed by atoms with Crippen LogP contribution in [0.15, 0.2) is 18.2 Å². The summed E-state index contributed by atoms with van der Waals surface area (Å²) < 4.78 is 4.90. The highest BCUT2D eigenvalue weighted by atomic mass is 35.5. The molecule has 0 fully saturated rings. The molecule has 5 nitrogen and oxygen atoms in total. The second-order valence-electron chi connectivity index (χ2n) is 3.76. The average molecular weight is 268 g/mol. The van der Waals surface area contributed by atoms with Gasteiger partial charge < -0.3 is 15.4 Å². The van der Waals surface area contributed by atoms with E-state index in [1.807, 2.05) is 13.0 Å². The molecule has 1 aromatic carbocycles. The zero-order chi connectivity index (χ0) is 13.5. The van der Waals surface area contributed by atoms with Crippen LogP contribution in [-0.4, -0.2) is 25.8 Å². The third kappa shape index (κ3) is 4.24. The topological polar surface area (TPSA) is 74.2 Å². The third-order valence-electron chi connectivity index (χ3n) is 2.14. The van der Waals surface area contributed by atoms with Crippen LogP contribution in [0.1, 0.15) is 12.5 Å². The molecule has 0 bridgehead atoms. The van der Waals surface area contributed by atoms with Gasteiger partial charge in [-0.3, -0.25) is 0 Å². The summed E-state index contributed by atoms with van der Waals surface area (Å²) in [4.78, 5) is 11.6. The van der Waals surface area contributed by atoms with E-state index in [1.165, 1.54) is 6.07 Å². The molecule has 1 rings (SSSR count). The van der Waals surface area contributed by atoms with Crippen molar-refractivity contribution in [1.29, 1.82) is 5.26 Å². The van der Waals surface area contributed by atoms with Crippen molar-refractivity contribution in [2.24, 2.45) is 0 Å². The molecule has 0 aliphatic carbocycles. The predicted molar refractivity (Wildman–Crippen MR) is 69.7 cm³/mol. The van der Waals surface area contributed by atoms with E-state index in [0.717, 1.165) is 0 Å². The number of rotatable bonds is 4. The molecule has 0 aliphatic heterocycles. The molecule has 0 radical (unpaired) electrons. The summed E-state index contributed by atoms with van der Waals surface area (Å²) in [5.41, 5.74) is 0.831. The van der Waals surface area contributed by atoms with Gasteiger partial charge in [0.15, 0.2) is 0 Å². The number of benzene rings is 1. The van der Waals surface area contributed by atoms with Crippen molar-refractivity contribution < 1.29 is 9.53 Å². The third-order valence-corrected chi connectivity index (χ3v) is 2.47. The first-order chi connectivity index (χ1) is 8.56. The minimum Gasteiger partial charge on any atom is -0.383 e. The normalized spacial score (nSPS) is 11.4. The molecular formula is C12H14ClN3O2. The van der Waals surface area contributed by atoms with Crippen LogP contribution in [0, 0.1) is 11.3 Å². The van der Waals surface area contributed by atoms with Crippen molar-refractivity contribution in [3.63, 3.8) is 0 Å². The monoisotopic (exact) mass is 267 g/mol. The fourth-order valence-electron chi connectivity index (χ4n) is 1.37. The quantitative estimate of drug-likeness (QED) is 0.879. The number of anilines is 1. The summed E-state index contributed by atoms with van der Waals surface area (Å²) >= 11 is 5.79. The van der Waals surface area contributed by atoms with Gasteiger partial charge >= 0.3 is 6.03 Å². The number of ether oxygens (including phenoxy) is 1. The number of hydrogen-bond donors (Lipinski definition) is 2. The van der Waals surface area contributed by atoms with Crippen molar-refractivity contribution in [2.45, 2.75) is 13.0 Å². The standard InChI is InChI=1S/C12H14ClN3O2/c1-8(7-18-2)15-12(17)16-10-3-4-11(13)9(5-10)6-14/h3-5,8H,7H2,1-2H3,(H2,15,16,17)/t8-/m0/s1. The van der Waals surface area contributed by atoms with Crippen LogP contribution in [0.4, 0.5) is 10.5 Å². The summed E-state index contributed by atoms with van der Waals surface area (Å²) in [6, 6.07) is 6.20. The first-order valence-corrected chi connectivity index (χ1v) is 5.70. The lowest BCUT2D eigenvalue weighted by atomic mass is 10.2. The van der Waals surface area contributed by atoms with Gasteiger partial charge in [-0.15, -0.1) is 0 Å². The number of nitriles is 1. The maximum absolute atomic E-state index is 11.6. The fraction of sp³-hybridized carbons (Fsp3) is 0.333. The van der Waals surface area contributed by atoms with Crippen LogP contribution >= 0.6 is 11.6 Å². The van der Waals surface area contributed by atoms with Crippen LogP contribution in [0.25, 0.3) is 0 Å². The number of amides is 2. The van der Waals surface area contributed by atoms with Crippen molar-refractivity contribution in [1.82, 2.24) is 5.32 Å². The molecule has 0 heterocycles. The fourth-order valence-corrected chi connectivity index (χ4v) is 1.53. The van der Waals surface area contributed by atoms with E-state index in [4.69, 9.17) is 21.6 Å². The van der Waals surface area contributed by atoms with Crippen LogP contribution in [0.2, 0.25) is 5.02 Å². The van der Waals surface area contributed by atoms with E-state index in [2.05, 4.69) is 10.6 Å². The van der Waals surface area contributed by atoms with Crippen molar-refractivity contribution in [3.05, 3.63) is 28.8 Å². The number of carbonyl (C=O) groups excluding carboxylic acids is 1. The van der Waals surface area contributed by atoms with Gasteiger partial charge in [0.2, 0.25) is 0 Å². The first-order valence-electron chi connectivity index (χ1n) is 5.33. The SMILES string of the molecule is COC[C@H](C)NC(=O)Nc1ccc(Cl)c(C#N)c1. The van der Waals surface area contributed by atoms with Gasteiger partial charge in [-0.25, -0.2) is 4.79 Å². The Bertz CT molecular complexity index is 471. The largest absolute Gasteiger partial charge is 0.383 e. The average Bonchev–Trinajstić information content (AvgIpc) is 2.31. The minimum atomic E-state index is -0.356. The number of carbonyl (C=O) groups is 1. The van der Waals surface area contributed by atoms with Gasteiger partial charge in [-0.2, -0.15) is 5.26 Å². The molecule has 0 spiro atoms. The lowest BCUT2D eigenvalue weighted by Gasteiger charge is -2.13. The molecule has 0 unspecified atom stereocenters. The number of hydrogen-bond acceptors (Lipinski definition) is 3. The second kappa shape index (κ2) is 6.84. The van der Waals surface area contributed by atoms with Gasteiger partial charge in [0.05, 0.1) is 23.2 Å². The van der Waals surface area contributed by atoms with Gasteiger partial charge in [-0.1, -0.05) is 11.6 Å². The van der Waals surface area contributed by atoms with Gasteiger partial charge in [-0.05, 0) is 25.1 Å². The summed E-state index contributed by atoms with van der Waals surface area (Å²) in [6.07, 6.45) is 0. The molecule has 0 aromatic heterocycles. The summed E-state index contributed by atoms with van der Waals surface area (Å²) in [5, 5.41) is 14.5. The first kappa shape index (κ1) is 14.3. The zero-order valence-electron chi connectivity index (χ0n) is 10.2. The van der Waals surface area contributed by atoms with Gasteiger partial charge in [0.1, 0.15) is 6.07 Å². The molecule has 6 heteroatoms. The number of halogens is 1. The van der Waals surface area contributed by atoms with Crippen LogP contribution < -0.4 is 10.6 Å². The second-order valence-corrected chi connectivity index (χ2v) is 4.17. The van der Waals surface area contributed by atoms with Gasteiger partial charge in [0, 0.05) is 12.8 Å². The zero-order valence-corrected chi connectivity index (χ0v) is 10.9. The smallest absolute Gasteiger partial charge is 0.319 e. The van der Waals surface area contributed by atoms with Crippen LogP contribution in [0.5, 0.6) is 0 Å². The summed E-state index contributed by atoms with van der Waals surface area (Å²) in [5.74, 6) is 0. The molecule has 2 N–H and O–H groups in total. The Morgan fingerprint density at radius 1 is 1.61 bits per heavy atom.